The minimum absolute atomic E-state index is 0. The second-order valence-corrected chi connectivity index (χ2v) is 6.28. The van der Waals surface area contributed by atoms with Crippen LogP contribution in [0.15, 0.2) is 24.3 Å². The molecule has 0 unspecified atom stereocenters. The van der Waals surface area contributed by atoms with Gasteiger partial charge in [0.2, 0.25) is 5.91 Å². The van der Waals surface area contributed by atoms with Gasteiger partial charge in [-0.1, -0.05) is 12.1 Å². The molecule has 122 valence electrons. The zero-order valence-corrected chi connectivity index (χ0v) is 13.6. The highest BCUT2D eigenvalue weighted by molar-refractivity contribution is 5.85. The van der Waals surface area contributed by atoms with Crippen molar-refractivity contribution in [2.24, 2.45) is 5.92 Å². The predicted molar refractivity (Wildman–Crippen MR) is 87.4 cm³/mol. The van der Waals surface area contributed by atoms with E-state index in [9.17, 15) is 9.18 Å². The molecule has 5 heteroatoms. The number of carbonyl (C=O) groups excluding carboxylic acids is 1. The van der Waals surface area contributed by atoms with Crippen molar-refractivity contribution in [3.8, 4) is 0 Å². The molecule has 1 saturated carbocycles. The summed E-state index contributed by atoms with van der Waals surface area (Å²) in [6, 6.07) is 6.91. The van der Waals surface area contributed by atoms with Gasteiger partial charge in [0.15, 0.2) is 0 Å². The molecule has 2 fully saturated rings. The minimum atomic E-state index is -0.224. The van der Waals surface area contributed by atoms with Gasteiger partial charge in [0.25, 0.3) is 0 Å². The Morgan fingerprint density at radius 1 is 1.14 bits per heavy atom. The van der Waals surface area contributed by atoms with Gasteiger partial charge >= 0.3 is 0 Å². The van der Waals surface area contributed by atoms with Crippen molar-refractivity contribution in [1.29, 1.82) is 0 Å². The fourth-order valence-electron chi connectivity index (χ4n) is 3.04. The highest BCUT2D eigenvalue weighted by atomic mass is 35.5. The molecule has 1 amide bonds. The van der Waals surface area contributed by atoms with Crippen LogP contribution in [0.3, 0.4) is 0 Å². The molecule has 3 nitrogen and oxygen atoms in total. The SMILES string of the molecule is Cl.O=C(CC1CCNCC1)N(Cc1ccc(F)cc1)C1CC1. The minimum Gasteiger partial charge on any atom is -0.335 e. The number of halogens is 2. The summed E-state index contributed by atoms with van der Waals surface area (Å²) < 4.78 is 13.0. The summed E-state index contributed by atoms with van der Waals surface area (Å²) in [4.78, 5) is 14.6. The molecule has 1 aliphatic carbocycles. The molecule has 0 aromatic heterocycles. The van der Waals surface area contributed by atoms with Gasteiger partial charge in [0.1, 0.15) is 5.82 Å². The standard InChI is InChI=1S/C17H23FN2O.ClH/c18-15-3-1-14(2-4-15)12-20(16-5-6-16)17(21)11-13-7-9-19-10-8-13;/h1-4,13,16,19H,5-12H2;1H. The zero-order chi connectivity index (χ0) is 14.7. The van der Waals surface area contributed by atoms with Crippen LogP contribution in [-0.2, 0) is 11.3 Å². The van der Waals surface area contributed by atoms with Gasteiger partial charge in [-0.05, 0) is 62.4 Å². The lowest BCUT2D eigenvalue weighted by Gasteiger charge is -2.27. The molecule has 0 radical (unpaired) electrons. The number of benzene rings is 1. The van der Waals surface area contributed by atoms with Gasteiger partial charge in [-0.3, -0.25) is 4.79 Å². The highest BCUT2D eigenvalue weighted by Gasteiger charge is 2.33. The lowest BCUT2D eigenvalue weighted by Crippen LogP contribution is -2.36. The van der Waals surface area contributed by atoms with Gasteiger partial charge in [0.05, 0.1) is 0 Å². The van der Waals surface area contributed by atoms with Crippen LogP contribution in [0, 0.1) is 11.7 Å². The Kier molecular flexibility index (Phi) is 6.21. The van der Waals surface area contributed by atoms with Crippen LogP contribution in [0.4, 0.5) is 4.39 Å². The molecule has 1 N–H and O–H groups in total. The van der Waals surface area contributed by atoms with Gasteiger partial charge in [0, 0.05) is 19.0 Å². The first-order chi connectivity index (χ1) is 10.2. The van der Waals surface area contributed by atoms with Crippen molar-refractivity contribution in [2.45, 2.75) is 44.7 Å². The number of nitrogens with zero attached hydrogens (tertiary/aromatic N) is 1. The molecule has 1 aromatic carbocycles. The van der Waals surface area contributed by atoms with Crippen LogP contribution in [-0.4, -0.2) is 29.9 Å². The number of hydrogen-bond acceptors (Lipinski definition) is 2. The molecule has 1 aromatic rings. The van der Waals surface area contributed by atoms with E-state index in [1.807, 2.05) is 4.90 Å². The summed E-state index contributed by atoms with van der Waals surface area (Å²) in [7, 11) is 0. The fourth-order valence-corrected chi connectivity index (χ4v) is 3.04. The molecule has 1 aliphatic heterocycles. The number of rotatable bonds is 5. The van der Waals surface area contributed by atoms with Gasteiger partial charge in [-0.2, -0.15) is 0 Å². The first-order valence-corrected chi connectivity index (χ1v) is 7.97. The Hall–Kier alpha value is -1.13. The molecule has 1 saturated heterocycles. The lowest BCUT2D eigenvalue weighted by molar-refractivity contribution is -0.133. The van der Waals surface area contributed by atoms with Gasteiger partial charge in [-0.25, -0.2) is 4.39 Å². The maximum Gasteiger partial charge on any atom is 0.223 e. The summed E-state index contributed by atoms with van der Waals surface area (Å²) in [6.07, 6.45) is 5.08. The summed E-state index contributed by atoms with van der Waals surface area (Å²) in [5.74, 6) is 0.569. The fraction of sp³-hybridized carbons (Fsp3) is 0.588. The van der Waals surface area contributed by atoms with Crippen LogP contribution < -0.4 is 5.32 Å². The molecule has 0 atom stereocenters. The summed E-state index contributed by atoms with van der Waals surface area (Å²) in [5, 5.41) is 3.34. The molecular weight excluding hydrogens is 303 g/mol. The number of hydrogen-bond donors (Lipinski definition) is 1. The quantitative estimate of drug-likeness (QED) is 0.901. The van der Waals surface area contributed by atoms with E-state index in [1.165, 1.54) is 12.1 Å². The Morgan fingerprint density at radius 3 is 2.36 bits per heavy atom. The van der Waals surface area contributed by atoms with E-state index in [0.717, 1.165) is 44.3 Å². The average Bonchev–Trinajstić information content (AvgIpc) is 3.32. The Morgan fingerprint density at radius 2 is 1.77 bits per heavy atom. The Labute approximate surface area is 137 Å². The lowest BCUT2D eigenvalue weighted by atomic mass is 9.94. The first kappa shape index (κ1) is 17.2. The van der Waals surface area contributed by atoms with Crippen molar-refractivity contribution in [1.82, 2.24) is 10.2 Å². The van der Waals surface area contributed by atoms with Crippen molar-refractivity contribution in [3.05, 3.63) is 35.6 Å². The van der Waals surface area contributed by atoms with Gasteiger partial charge in [-0.15, -0.1) is 12.4 Å². The predicted octanol–water partition coefficient (Wildman–Crippen LogP) is 3.13. The van der Waals surface area contributed by atoms with E-state index in [1.54, 1.807) is 12.1 Å². The van der Waals surface area contributed by atoms with Crippen LogP contribution in [0.5, 0.6) is 0 Å². The molecule has 2 aliphatic rings. The molecular formula is C17H24ClFN2O. The number of nitrogens with one attached hydrogen (secondary N) is 1. The molecule has 0 bridgehead atoms. The second kappa shape index (κ2) is 7.93. The van der Waals surface area contributed by atoms with E-state index in [0.29, 0.717) is 24.9 Å². The van der Waals surface area contributed by atoms with Crippen molar-refractivity contribution in [2.75, 3.05) is 13.1 Å². The topological polar surface area (TPSA) is 32.3 Å². The summed E-state index contributed by atoms with van der Waals surface area (Å²) >= 11 is 0. The summed E-state index contributed by atoms with van der Waals surface area (Å²) in [6.45, 7) is 2.67. The maximum atomic E-state index is 13.0. The van der Waals surface area contributed by atoms with E-state index in [4.69, 9.17) is 0 Å². The monoisotopic (exact) mass is 326 g/mol. The Bertz CT molecular complexity index is 484. The molecule has 1 heterocycles. The third kappa shape index (κ3) is 4.68. The molecule has 3 rings (SSSR count). The number of piperidine rings is 1. The van der Waals surface area contributed by atoms with E-state index < -0.39 is 0 Å². The van der Waals surface area contributed by atoms with E-state index in [-0.39, 0.29) is 24.1 Å². The van der Waals surface area contributed by atoms with Crippen LogP contribution in [0.25, 0.3) is 0 Å². The normalized spacial score (nSPS) is 18.6. The maximum absolute atomic E-state index is 13.0. The Balaban J connectivity index is 0.00000176. The number of carbonyl (C=O) groups is 1. The van der Waals surface area contributed by atoms with Crippen LogP contribution in [0.1, 0.15) is 37.7 Å². The van der Waals surface area contributed by atoms with Crippen molar-refractivity contribution in [3.63, 3.8) is 0 Å². The largest absolute Gasteiger partial charge is 0.335 e. The third-order valence-electron chi connectivity index (χ3n) is 4.50. The van der Waals surface area contributed by atoms with Crippen molar-refractivity contribution >= 4 is 18.3 Å². The highest BCUT2D eigenvalue weighted by Crippen LogP contribution is 2.30. The van der Waals surface area contributed by atoms with E-state index >= 15 is 0 Å². The third-order valence-corrected chi connectivity index (χ3v) is 4.50. The number of amides is 1. The van der Waals surface area contributed by atoms with Gasteiger partial charge < -0.3 is 10.2 Å². The first-order valence-electron chi connectivity index (χ1n) is 7.97. The molecule has 0 spiro atoms. The van der Waals surface area contributed by atoms with Crippen molar-refractivity contribution < 1.29 is 9.18 Å². The van der Waals surface area contributed by atoms with E-state index in [2.05, 4.69) is 5.32 Å². The van der Waals surface area contributed by atoms with Crippen LogP contribution in [0.2, 0.25) is 0 Å². The summed E-state index contributed by atoms with van der Waals surface area (Å²) in [5.41, 5.74) is 1.02. The smallest absolute Gasteiger partial charge is 0.223 e. The average molecular weight is 327 g/mol. The zero-order valence-electron chi connectivity index (χ0n) is 12.8. The van der Waals surface area contributed by atoms with Crippen LogP contribution >= 0.6 is 12.4 Å². The molecule has 22 heavy (non-hydrogen) atoms. The second-order valence-electron chi connectivity index (χ2n) is 6.28.